The van der Waals surface area contributed by atoms with Crippen molar-refractivity contribution >= 4 is 11.6 Å². The molecule has 0 radical (unpaired) electrons. The van der Waals surface area contributed by atoms with E-state index in [-0.39, 0.29) is 16.1 Å². The number of ether oxygens (including phenoxy) is 1. The van der Waals surface area contributed by atoms with Crippen LogP contribution in [-0.4, -0.2) is 71.1 Å². The van der Waals surface area contributed by atoms with Gasteiger partial charge < -0.3 is 30.4 Å². The summed E-state index contributed by atoms with van der Waals surface area (Å²) in [5.41, 5.74) is -5.69. The number of hydrogen-bond acceptors (Lipinski definition) is 9. The van der Waals surface area contributed by atoms with E-state index in [1.807, 2.05) is 6.92 Å². The van der Waals surface area contributed by atoms with Gasteiger partial charge in [-0.15, -0.1) is 5.06 Å². The van der Waals surface area contributed by atoms with E-state index in [9.17, 15) is 39.6 Å². The van der Waals surface area contributed by atoms with Crippen LogP contribution in [0.15, 0.2) is 15.8 Å². The number of hydrogen-bond donors (Lipinski definition) is 6. The Bertz CT molecular complexity index is 822. The van der Waals surface area contributed by atoms with Gasteiger partial charge in [0.25, 0.3) is 5.56 Å². The van der Waals surface area contributed by atoms with Crippen LogP contribution in [0.3, 0.4) is 0 Å². The SMILES string of the molecule is CCCCCCC(F)N(O)[C@@]1(O)[C@H](O)[C@@H](CO)O[C@@]1(O)n1cc(Cl)c(=O)[nH]c1=O. The molecule has 1 aromatic heterocycles. The number of halogens is 2. The number of aromatic nitrogens is 2. The van der Waals surface area contributed by atoms with Crippen LogP contribution < -0.4 is 11.2 Å². The molecule has 29 heavy (non-hydrogen) atoms. The number of rotatable bonds is 9. The van der Waals surface area contributed by atoms with Gasteiger partial charge in [0.15, 0.2) is 6.30 Å². The van der Waals surface area contributed by atoms with E-state index in [0.29, 0.717) is 19.0 Å². The predicted molar refractivity (Wildman–Crippen MR) is 96.7 cm³/mol. The van der Waals surface area contributed by atoms with Crippen molar-refractivity contribution in [3.63, 3.8) is 0 Å². The number of nitrogens with zero attached hydrogens (tertiary/aromatic N) is 2. The van der Waals surface area contributed by atoms with Gasteiger partial charge in [-0.2, -0.15) is 0 Å². The molecule has 1 aliphatic rings. The van der Waals surface area contributed by atoms with Crippen LogP contribution in [0, 0.1) is 0 Å². The molecule has 1 saturated heterocycles. The second-order valence-electron chi connectivity index (χ2n) is 6.85. The van der Waals surface area contributed by atoms with E-state index in [2.05, 4.69) is 0 Å². The number of H-pyrrole nitrogens is 1. The van der Waals surface area contributed by atoms with Gasteiger partial charge in [0, 0.05) is 6.20 Å². The van der Waals surface area contributed by atoms with Gasteiger partial charge in [-0.05, 0) is 12.8 Å². The van der Waals surface area contributed by atoms with Crippen LogP contribution in [-0.2, 0) is 10.6 Å². The molecule has 0 saturated carbocycles. The first-order valence-corrected chi connectivity index (χ1v) is 9.48. The summed E-state index contributed by atoms with van der Waals surface area (Å²) in [5.74, 6) is -3.31. The van der Waals surface area contributed by atoms with E-state index in [1.54, 1.807) is 4.98 Å². The van der Waals surface area contributed by atoms with Crippen LogP contribution in [0.25, 0.3) is 0 Å². The van der Waals surface area contributed by atoms with Crippen molar-refractivity contribution < 1.29 is 34.8 Å². The maximum absolute atomic E-state index is 14.6. The minimum atomic E-state index is -3.34. The molecule has 1 unspecified atom stereocenters. The molecule has 6 N–H and O–H groups in total. The van der Waals surface area contributed by atoms with E-state index < -0.39 is 53.0 Å². The maximum atomic E-state index is 14.6. The lowest BCUT2D eigenvalue weighted by atomic mass is 10.00. The number of unbranched alkanes of at least 4 members (excludes halogenated alkanes) is 3. The zero-order valence-electron chi connectivity index (χ0n) is 15.7. The molecule has 2 rings (SSSR count). The third-order valence-corrected chi connectivity index (χ3v) is 5.14. The summed E-state index contributed by atoms with van der Waals surface area (Å²) in [6.07, 6.45) is -3.27. The van der Waals surface area contributed by atoms with E-state index >= 15 is 0 Å². The molecular weight excluding hydrogens is 417 g/mol. The zero-order chi connectivity index (χ0) is 22.0. The van der Waals surface area contributed by atoms with Gasteiger partial charge in [0.05, 0.1) is 6.61 Å². The normalized spacial score (nSPS) is 30.8. The van der Waals surface area contributed by atoms with E-state index in [0.717, 1.165) is 12.8 Å². The number of aliphatic hydroxyl groups is 4. The number of hydroxylamine groups is 2. The van der Waals surface area contributed by atoms with Crippen LogP contribution in [0.1, 0.15) is 39.0 Å². The van der Waals surface area contributed by atoms with Gasteiger partial charge in [-0.3, -0.25) is 9.78 Å². The van der Waals surface area contributed by atoms with Gasteiger partial charge >= 0.3 is 11.6 Å². The fourth-order valence-electron chi connectivity index (χ4n) is 3.22. The Balaban J connectivity index is 2.48. The van der Waals surface area contributed by atoms with Gasteiger partial charge in [0.2, 0.25) is 5.72 Å². The molecule has 2 heterocycles. The number of aliphatic hydroxyl groups excluding tert-OH is 2. The molecular formula is C16H25ClFN3O8. The molecule has 0 spiro atoms. The average Bonchev–Trinajstić information content (AvgIpc) is 2.89. The minimum absolute atomic E-state index is 0.183. The van der Waals surface area contributed by atoms with Crippen LogP contribution in [0.2, 0.25) is 5.02 Å². The molecule has 1 aromatic rings. The fourth-order valence-corrected chi connectivity index (χ4v) is 3.36. The monoisotopic (exact) mass is 441 g/mol. The molecule has 0 aliphatic carbocycles. The number of nitrogens with one attached hydrogen (secondary N) is 1. The lowest BCUT2D eigenvalue weighted by molar-refractivity contribution is -0.428. The summed E-state index contributed by atoms with van der Waals surface area (Å²) in [6, 6.07) is 0. The highest BCUT2D eigenvalue weighted by Gasteiger charge is 2.71. The topological polar surface area (TPSA) is 168 Å². The van der Waals surface area contributed by atoms with Gasteiger partial charge in [0.1, 0.15) is 17.2 Å². The Labute approximate surface area is 169 Å². The summed E-state index contributed by atoms with van der Waals surface area (Å²) in [7, 11) is 0. The Hall–Kier alpha value is -1.38. The van der Waals surface area contributed by atoms with Crippen LogP contribution in [0.4, 0.5) is 4.39 Å². The molecule has 166 valence electrons. The molecule has 5 atom stereocenters. The van der Waals surface area contributed by atoms with Crippen molar-refractivity contribution in [3.8, 4) is 0 Å². The smallest absolute Gasteiger partial charge is 0.332 e. The molecule has 0 aromatic carbocycles. The third-order valence-electron chi connectivity index (χ3n) is 4.88. The summed E-state index contributed by atoms with van der Waals surface area (Å²) < 4.78 is 19.8. The van der Waals surface area contributed by atoms with Crippen molar-refractivity contribution in [2.75, 3.05) is 6.61 Å². The van der Waals surface area contributed by atoms with Gasteiger partial charge in [-0.25, -0.2) is 13.8 Å². The number of alkyl halides is 1. The van der Waals surface area contributed by atoms with Crippen molar-refractivity contribution in [2.45, 2.75) is 69.2 Å². The van der Waals surface area contributed by atoms with Crippen molar-refractivity contribution in [3.05, 3.63) is 32.1 Å². The number of aromatic amines is 1. The molecule has 13 heteroatoms. The standard InChI is InChI=1S/C16H25ClFN3O8/c1-2-3-4-5-6-11(18)21(28)15(26)12(23)10(8-22)29-16(15,27)20-7-9(17)13(24)19-14(20)25/h7,10-12,22-23,26-28H,2-6,8H2,1H3,(H,19,24,25)/t10-,11?,12-,15-,16-/m1/s1. The second-order valence-corrected chi connectivity index (χ2v) is 7.26. The minimum Gasteiger partial charge on any atom is -0.394 e. The predicted octanol–water partition coefficient (Wildman–Crippen LogP) is -0.810. The average molecular weight is 442 g/mol. The lowest BCUT2D eigenvalue weighted by Gasteiger charge is -2.43. The maximum Gasteiger partial charge on any atom is 0.332 e. The fraction of sp³-hybridized carbons (Fsp3) is 0.750. The Morgan fingerprint density at radius 1 is 1.38 bits per heavy atom. The highest BCUT2D eigenvalue weighted by atomic mass is 35.5. The summed E-state index contributed by atoms with van der Waals surface area (Å²) >= 11 is 5.65. The highest BCUT2D eigenvalue weighted by Crippen LogP contribution is 2.44. The third kappa shape index (κ3) is 4.11. The van der Waals surface area contributed by atoms with Gasteiger partial charge in [-0.1, -0.05) is 37.8 Å². The summed E-state index contributed by atoms with van der Waals surface area (Å²) in [5, 5.41) is 51.0. The molecule has 0 amide bonds. The summed E-state index contributed by atoms with van der Waals surface area (Å²) in [6.45, 7) is 0.987. The first-order chi connectivity index (χ1) is 13.5. The Morgan fingerprint density at radius 3 is 2.62 bits per heavy atom. The zero-order valence-corrected chi connectivity index (χ0v) is 16.4. The second kappa shape index (κ2) is 9.18. The summed E-state index contributed by atoms with van der Waals surface area (Å²) in [4.78, 5) is 25.4. The van der Waals surface area contributed by atoms with Crippen molar-refractivity contribution in [2.24, 2.45) is 0 Å². The van der Waals surface area contributed by atoms with Crippen LogP contribution >= 0.6 is 11.6 Å². The Morgan fingerprint density at radius 2 is 2.03 bits per heavy atom. The molecule has 0 bridgehead atoms. The Kier molecular flexibility index (Phi) is 7.57. The van der Waals surface area contributed by atoms with Crippen LogP contribution in [0.5, 0.6) is 0 Å². The largest absolute Gasteiger partial charge is 0.394 e. The van der Waals surface area contributed by atoms with Crippen molar-refractivity contribution in [1.82, 2.24) is 14.6 Å². The molecule has 1 fully saturated rings. The molecule has 1 aliphatic heterocycles. The molecule has 11 nitrogen and oxygen atoms in total. The van der Waals surface area contributed by atoms with E-state index in [4.69, 9.17) is 16.3 Å². The van der Waals surface area contributed by atoms with Crippen molar-refractivity contribution in [1.29, 1.82) is 0 Å². The lowest BCUT2D eigenvalue weighted by Crippen LogP contribution is -2.69. The highest BCUT2D eigenvalue weighted by molar-refractivity contribution is 6.30. The quantitative estimate of drug-likeness (QED) is 0.124. The first kappa shape index (κ1) is 23.9. The van der Waals surface area contributed by atoms with E-state index in [1.165, 1.54) is 0 Å². The first-order valence-electron chi connectivity index (χ1n) is 9.10.